The number of hydrogen-bond donors (Lipinski definition) is 1. The van der Waals surface area contributed by atoms with E-state index in [0.29, 0.717) is 5.56 Å². The second-order valence-electron chi connectivity index (χ2n) is 13.4. The molecule has 64 heavy (non-hydrogen) atoms. The van der Waals surface area contributed by atoms with Gasteiger partial charge in [0, 0.05) is 31.2 Å². The summed E-state index contributed by atoms with van der Waals surface area (Å²) in [4.78, 5) is 50.9. The molecule has 0 aliphatic heterocycles. The first-order valence-corrected chi connectivity index (χ1v) is 18.2. The van der Waals surface area contributed by atoms with Crippen molar-refractivity contribution in [3.63, 3.8) is 0 Å². The molecule has 346 valence electrons. The number of carbonyl (C=O) groups excluding carboxylic acids is 4. The normalized spacial score (nSPS) is 11.4. The molecule has 0 atom stereocenters. The lowest BCUT2D eigenvalue weighted by Gasteiger charge is -2.35. The molecule has 0 unspecified atom stereocenters. The van der Waals surface area contributed by atoms with Crippen molar-refractivity contribution in [3.8, 4) is 17.2 Å². The van der Waals surface area contributed by atoms with Gasteiger partial charge in [-0.2, -0.15) is 26.3 Å². The summed E-state index contributed by atoms with van der Waals surface area (Å²) in [5, 5.41) is 2.74. The molecule has 1 N–H and O–H groups in total. The molecule has 0 spiro atoms. The predicted molar refractivity (Wildman–Crippen MR) is 184 cm³/mol. The number of halogens is 15. The number of unbranched alkanes of at least 4 members (excludes halogenated alkanes) is 1. The Kier molecular flexibility index (Phi) is 17.2. The quantitative estimate of drug-likeness (QED) is 0.0231. The van der Waals surface area contributed by atoms with Crippen LogP contribution in [-0.2, 0) is 30.5 Å². The van der Waals surface area contributed by atoms with Crippen LogP contribution >= 0.6 is 0 Å². The molecule has 4 rings (SSSR count). The van der Waals surface area contributed by atoms with Gasteiger partial charge in [-0.05, 0) is 44.2 Å². The van der Waals surface area contributed by atoms with Crippen LogP contribution in [0.5, 0.6) is 17.2 Å². The molecule has 9 nitrogen and oxygen atoms in total. The Labute approximate surface area is 350 Å². The maximum Gasteiger partial charge on any atom is 0.311 e. The van der Waals surface area contributed by atoms with Crippen molar-refractivity contribution in [3.05, 3.63) is 123 Å². The molecular formula is C40H28F15NO8. The number of ether oxygens (including phenoxy) is 4. The van der Waals surface area contributed by atoms with E-state index in [1.54, 1.807) is 30.3 Å². The maximum absolute atomic E-state index is 14.3. The zero-order valence-corrected chi connectivity index (χ0v) is 32.1. The number of rotatable bonds is 20. The van der Waals surface area contributed by atoms with Gasteiger partial charge in [-0.15, -0.1) is 0 Å². The molecule has 4 aromatic carbocycles. The van der Waals surface area contributed by atoms with E-state index in [2.05, 4.69) is 19.5 Å². The third-order valence-corrected chi connectivity index (χ3v) is 9.13. The average Bonchev–Trinajstić information content (AvgIpc) is 3.29. The topological polar surface area (TPSA) is 117 Å². The van der Waals surface area contributed by atoms with Crippen LogP contribution in [0.3, 0.4) is 0 Å². The van der Waals surface area contributed by atoms with Gasteiger partial charge in [0.1, 0.15) is 6.61 Å². The van der Waals surface area contributed by atoms with Gasteiger partial charge in [-0.25, -0.2) is 39.5 Å². The van der Waals surface area contributed by atoms with Crippen molar-refractivity contribution < 1.29 is 104 Å². The highest BCUT2D eigenvalue weighted by Crippen LogP contribution is 2.34. The molecule has 0 fully saturated rings. The number of benzene rings is 4. The van der Waals surface area contributed by atoms with E-state index in [-0.39, 0.29) is 32.4 Å². The van der Waals surface area contributed by atoms with Gasteiger partial charge in [0.2, 0.25) is 105 Å². The van der Waals surface area contributed by atoms with Crippen molar-refractivity contribution in [2.24, 2.45) is 0 Å². The van der Waals surface area contributed by atoms with E-state index in [4.69, 9.17) is 4.74 Å². The van der Waals surface area contributed by atoms with Crippen LogP contribution in [-0.4, -0.2) is 36.0 Å². The lowest BCUT2D eigenvalue weighted by atomic mass is 9.83. The molecule has 0 amide bonds. The molecule has 0 bridgehead atoms. The highest BCUT2D eigenvalue weighted by atomic mass is 19.2. The molecule has 0 saturated carbocycles. The number of esters is 4. The Morgan fingerprint density at radius 1 is 0.406 bits per heavy atom. The van der Waals surface area contributed by atoms with Crippen LogP contribution in [0.4, 0.5) is 65.9 Å². The SMILES string of the molecule is O=C(CCCCNC(CCC(=O)Oc1c(F)c(F)c(F)c(F)c1F)(CCC(=O)Oc1c(F)c(F)c(F)c(F)c1F)CCC(=O)Oc1c(F)c(F)c(F)c(F)c1F)OCc1ccccc1. The minimum absolute atomic E-state index is 0.00355. The fourth-order valence-corrected chi connectivity index (χ4v) is 5.74. The largest absolute Gasteiger partial charge is 0.461 e. The van der Waals surface area contributed by atoms with Crippen LogP contribution < -0.4 is 19.5 Å². The van der Waals surface area contributed by atoms with Crippen molar-refractivity contribution in [1.82, 2.24) is 5.32 Å². The Balaban J connectivity index is 1.62. The molecule has 0 radical (unpaired) electrons. The summed E-state index contributed by atoms with van der Waals surface area (Å²) < 4.78 is 228. The van der Waals surface area contributed by atoms with Crippen LogP contribution in [0.2, 0.25) is 0 Å². The second-order valence-corrected chi connectivity index (χ2v) is 13.4. The smallest absolute Gasteiger partial charge is 0.311 e. The van der Waals surface area contributed by atoms with E-state index < -0.39 is 172 Å². The van der Waals surface area contributed by atoms with Crippen LogP contribution in [0.15, 0.2) is 30.3 Å². The third-order valence-electron chi connectivity index (χ3n) is 9.13. The van der Waals surface area contributed by atoms with E-state index in [0.717, 1.165) is 0 Å². The summed E-state index contributed by atoms with van der Waals surface area (Å²) in [6.45, 7) is -0.428. The Hall–Kier alpha value is -6.33. The standard InChI is InChI=1S/C40H28F15NO8/c41-22-25(44)31(50)37(32(51)26(22)45)62-19(58)9-12-40(56-15-5-4-8-18(57)61-16-17-6-2-1-3-7-17,13-10-20(59)63-38-33(52)27(46)23(42)28(47)34(38)53)14-11-21(60)64-39-35(54)29(48)24(43)30(49)36(39)55/h1-3,6-7,56H,4-5,8-16H2. The zero-order chi connectivity index (χ0) is 47.6. The zero-order valence-electron chi connectivity index (χ0n) is 32.1. The second kappa shape index (κ2) is 21.8. The molecular weight excluding hydrogens is 907 g/mol. The average molecular weight is 936 g/mol. The fraction of sp³-hybridized carbons (Fsp3) is 0.300. The minimum Gasteiger partial charge on any atom is -0.461 e. The van der Waals surface area contributed by atoms with Gasteiger partial charge in [-0.1, -0.05) is 30.3 Å². The maximum atomic E-state index is 14.3. The Bertz CT molecular complexity index is 2120. The third kappa shape index (κ3) is 12.0. The molecule has 0 saturated heterocycles. The van der Waals surface area contributed by atoms with Gasteiger partial charge in [0.05, 0.1) is 0 Å². The summed E-state index contributed by atoms with van der Waals surface area (Å²) in [5.74, 6) is -50.8. The summed E-state index contributed by atoms with van der Waals surface area (Å²) in [6.07, 6.45) is -6.39. The first-order chi connectivity index (χ1) is 30.1. The van der Waals surface area contributed by atoms with Gasteiger partial charge in [-0.3, -0.25) is 19.2 Å². The van der Waals surface area contributed by atoms with Crippen molar-refractivity contribution >= 4 is 23.9 Å². The van der Waals surface area contributed by atoms with Crippen molar-refractivity contribution in [2.75, 3.05) is 6.54 Å². The van der Waals surface area contributed by atoms with Crippen LogP contribution in [0.1, 0.15) is 63.4 Å². The molecule has 0 aromatic heterocycles. The lowest BCUT2D eigenvalue weighted by Crippen LogP contribution is -2.47. The highest BCUT2D eigenvalue weighted by Gasteiger charge is 2.36. The summed E-state index contributed by atoms with van der Waals surface area (Å²) in [5.41, 5.74) is -1.44. The summed E-state index contributed by atoms with van der Waals surface area (Å²) >= 11 is 0. The fourth-order valence-electron chi connectivity index (χ4n) is 5.74. The monoisotopic (exact) mass is 935 g/mol. The first-order valence-electron chi connectivity index (χ1n) is 18.2. The Morgan fingerprint density at radius 3 is 1.05 bits per heavy atom. The van der Waals surface area contributed by atoms with Gasteiger partial charge >= 0.3 is 23.9 Å². The highest BCUT2D eigenvalue weighted by molar-refractivity contribution is 5.74. The molecule has 4 aromatic rings. The number of carbonyl (C=O) groups is 4. The van der Waals surface area contributed by atoms with Crippen molar-refractivity contribution in [2.45, 2.75) is 69.9 Å². The molecule has 0 heterocycles. The van der Waals surface area contributed by atoms with E-state index in [1.807, 2.05) is 0 Å². The van der Waals surface area contributed by atoms with E-state index >= 15 is 0 Å². The summed E-state index contributed by atoms with van der Waals surface area (Å²) in [7, 11) is 0. The van der Waals surface area contributed by atoms with Crippen LogP contribution in [0.25, 0.3) is 0 Å². The predicted octanol–water partition coefficient (Wildman–Crippen LogP) is 9.47. The molecule has 0 aliphatic rings. The number of hydrogen-bond acceptors (Lipinski definition) is 9. The van der Waals surface area contributed by atoms with Gasteiger partial charge in [0.25, 0.3) is 0 Å². The van der Waals surface area contributed by atoms with E-state index in [1.165, 1.54) is 0 Å². The lowest BCUT2D eigenvalue weighted by molar-refractivity contribution is -0.145. The van der Waals surface area contributed by atoms with Gasteiger partial charge < -0.3 is 24.3 Å². The first kappa shape index (κ1) is 50.3. The molecule has 24 heteroatoms. The number of nitrogens with one attached hydrogen (secondary N) is 1. The Morgan fingerprint density at radius 2 is 0.719 bits per heavy atom. The molecule has 0 aliphatic carbocycles. The van der Waals surface area contributed by atoms with Gasteiger partial charge in [0.15, 0.2) is 0 Å². The van der Waals surface area contributed by atoms with Crippen LogP contribution in [0, 0.1) is 87.3 Å². The van der Waals surface area contributed by atoms with E-state index in [9.17, 15) is 85.0 Å². The van der Waals surface area contributed by atoms with Crippen molar-refractivity contribution in [1.29, 1.82) is 0 Å². The summed E-state index contributed by atoms with van der Waals surface area (Å²) in [6, 6.07) is 8.39. The minimum atomic E-state index is -2.63.